The molecule has 2 aromatic rings. The number of nitrogens with one attached hydrogen (secondary N) is 2. The van der Waals surface area contributed by atoms with Crippen molar-refractivity contribution in [3.63, 3.8) is 0 Å². The Morgan fingerprint density at radius 3 is 2.89 bits per heavy atom. The van der Waals surface area contributed by atoms with Crippen molar-refractivity contribution in [3.05, 3.63) is 12.7 Å². The first-order valence-corrected chi connectivity index (χ1v) is 14.5. The molecule has 0 radical (unpaired) electrons. The van der Waals surface area contributed by atoms with Gasteiger partial charge in [0.2, 0.25) is 0 Å². The molecule has 5 heterocycles. The monoisotopic (exact) mass is 558 g/mol. The standard InChI is InChI=1S/C20H30N7O8PS/c21-17-14-18(23-8-22-17)27(9-24-14)19-16(29)15(28)11(35-19)6-34-36(31,32)33-5-3-1-2-4-12-13-10(7-37-12)25-20(30)26-13/h8-13,15-16,19,28-29H,1-7H2,(H,31,32)(H2,21,22,23)(H2,25,26,30)/p-1. The summed E-state index contributed by atoms with van der Waals surface area (Å²) in [6, 6.07) is 0.213. The quantitative estimate of drug-likeness (QED) is 0.130. The third kappa shape index (κ3) is 5.71. The van der Waals surface area contributed by atoms with E-state index >= 15 is 0 Å². The van der Waals surface area contributed by atoms with Gasteiger partial charge in [-0.25, -0.2) is 19.7 Å². The molecule has 2 amide bonds. The number of aliphatic hydroxyl groups is 2. The van der Waals surface area contributed by atoms with Gasteiger partial charge in [-0.05, 0) is 12.8 Å². The lowest BCUT2D eigenvalue weighted by atomic mass is 10.0. The molecule has 8 unspecified atom stereocenters. The van der Waals surface area contributed by atoms with Crippen molar-refractivity contribution in [2.75, 3.05) is 24.7 Å². The summed E-state index contributed by atoms with van der Waals surface area (Å²) in [6.07, 6.45) is 0.618. The number of ether oxygens (including phenoxy) is 1. The summed E-state index contributed by atoms with van der Waals surface area (Å²) in [5.41, 5.74) is 6.37. The predicted molar refractivity (Wildman–Crippen MR) is 129 cm³/mol. The van der Waals surface area contributed by atoms with Gasteiger partial charge in [-0.15, -0.1) is 0 Å². The van der Waals surface area contributed by atoms with Crippen LogP contribution in [0.2, 0.25) is 0 Å². The SMILES string of the molecule is Nc1ncnc2c1ncn2C1OC(COP(=O)([O-])OCCCCCC2SCC3NC(=O)NC32)C(O)C1O. The first-order valence-electron chi connectivity index (χ1n) is 12.0. The summed E-state index contributed by atoms with van der Waals surface area (Å²) in [4.78, 5) is 35.7. The highest BCUT2D eigenvalue weighted by Gasteiger charge is 2.45. The molecule has 3 aliphatic heterocycles. The maximum atomic E-state index is 12.2. The second-order valence-corrected chi connectivity index (χ2v) is 11.9. The van der Waals surface area contributed by atoms with Crippen LogP contribution in [-0.2, 0) is 18.3 Å². The number of phosphoric ester groups is 1. The Balaban J connectivity index is 1.03. The molecule has 37 heavy (non-hydrogen) atoms. The molecule has 15 nitrogen and oxygen atoms in total. The van der Waals surface area contributed by atoms with E-state index in [4.69, 9.17) is 19.5 Å². The van der Waals surface area contributed by atoms with Crippen molar-refractivity contribution in [3.8, 4) is 0 Å². The number of rotatable bonds is 11. The van der Waals surface area contributed by atoms with Crippen molar-refractivity contribution in [2.24, 2.45) is 0 Å². The molecule has 3 fully saturated rings. The molecule has 204 valence electrons. The number of hydrogen-bond donors (Lipinski definition) is 5. The summed E-state index contributed by atoms with van der Waals surface area (Å²) < 4.78 is 29.1. The third-order valence-electron chi connectivity index (χ3n) is 6.72. The van der Waals surface area contributed by atoms with E-state index in [2.05, 4.69) is 25.6 Å². The number of phosphoric acid groups is 1. The van der Waals surface area contributed by atoms with Crippen LogP contribution in [-0.4, -0.2) is 90.4 Å². The van der Waals surface area contributed by atoms with Gasteiger partial charge in [0.1, 0.15) is 30.2 Å². The van der Waals surface area contributed by atoms with Gasteiger partial charge in [0.05, 0.1) is 31.6 Å². The van der Waals surface area contributed by atoms with E-state index in [0.29, 0.717) is 22.8 Å². The summed E-state index contributed by atoms with van der Waals surface area (Å²) in [5.74, 6) is 1.04. The average molecular weight is 559 g/mol. The van der Waals surface area contributed by atoms with Crippen LogP contribution in [0.3, 0.4) is 0 Å². The van der Waals surface area contributed by atoms with Crippen LogP contribution in [0.4, 0.5) is 10.6 Å². The van der Waals surface area contributed by atoms with Gasteiger partial charge in [-0.2, -0.15) is 11.8 Å². The van der Waals surface area contributed by atoms with Gasteiger partial charge in [0, 0.05) is 11.0 Å². The number of aromatic nitrogens is 4. The first kappa shape index (κ1) is 26.6. The fourth-order valence-electron chi connectivity index (χ4n) is 4.80. The van der Waals surface area contributed by atoms with Crippen LogP contribution in [0.1, 0.15) is 31.9 Å². The molecule has 3 saturated heterocycles. The highest BCUT2D eigenvalue weighted by molar-refractivity contribution is 8.00. The number of nitrogens with zero attached hydrogens (tertiary/aromatic N) is 4. The Labute approximate surface area is 216 Å². The Kier molecular flexibility index (Phi) is 7.88. The highest BCUT2D eigenvalue weighted by Crippen LogP contribution is 2.41. The number of imidazole rings is 1. The average Bonchev–Trinajstić information content (AvgIpc) is 3.60. The lowest BCUT2D eigenvalue weighted by Gasteiger charge is -2.25. The molecule has 6 N–H and O–H groups in total. The molecule has 3 aliphatic rings. The smallest absolute Gasteiger partial charge is 0.315 e. The number of hydrogen-bond acceptors (Lipinski definition) is 13. The maximum Gasteiger partial charge on any atom is 0.315 e. The molecule has 0 bridgehead atoms. The number of fused-ring (bicyclic) bond motifs is 2. The van der Waals surface area contributed by atoms with Crippen molar-refractivity contribution in [1.29, 1.82) is 0 Å². The van der Waals surface area contributed by atoms with E-state index in [1.54, 1.807) is 0 Å². The molecular weight excluding hydrogens is 529 g/mol. The number of amides is 2. The number of unbranched alkanes of at least 4 members (excludes halogenated alkanes) is 2. The summed E-state index contributed by atoms with van der Waals surface area (Å²) in [6.45, 7) is -0.578. The number of carbonyl (C=O) groups is 1. The van der Waals surface area contributed by atoms with Crippen LogP contribution in [0.5, 0.6) is 0 Å². The number of nitrogen functional groups attached to an aromatic ring is 1. The Morgan fingerprint density at radius 2 is 2.05 bits per heavy atom. The van der Waals surface area contributed by atoms with Gasteiger partial charge in [0.15, 0.2) is 17.7 Å². The number of nitrogens with two attached hydrogens (primary N) is 1. The minimum atomic E-state index is -4.65. The van der Waals surface area contributed by atoms with E-state index in [1.165, 1.54) is 17.2 Å². The lowest BCUT2D eigenvalue weighted by Crippen LogP contribution is -2.36. The van der Waals surface area contributed by atoms with E-state index in [1.807, 2.05) is 11.8 Å². The van der Waals surface area contributed by atoms with Gasteiger partial charge in [-0.3, -0.25) is 9.13 Å². The molecule has 2 aromatic heterocycles. The maximum absolute atomic E-state index is 12.2. The number of urea groups is 1. The molecule has 0 aliphatic carbocycles. The normalized spacial score (nSPS) is 32.8. The van der Waals surface area contributed by atoms with Gasteiger partial charge in [-0.1, -0.05) is 12.8 Å². The number of carbonyl (C=O) groups excluding carboxylic acids is 1. The molecule has 5 rings (SSSR count). The van der Waals surface area contributed by atoms with Gasteiger partial charge in [0.25, 0.3) is 7.82 Å². The minimum Gasteiger partial charge on any atom is -0.756 e. The van der Waals surface area contributed by atoms with Crippen molar-refractivity contribution in [1.82, 2.24) is 30.2 Å². The van der Waals surface area contributed by atoms with Gasteiger partial charge < -0.3 is 45.3 Å². The topological polar surface area (TPSA) is 219 Å². The van der Waals surface area contributed by atoms with Crippen LogP contribution in [0.25, 0.3) is 11.2 Å². The van der Waals surface area contributed by atoms with Crippen molar-refractivity contribution >= 4 is 42.6 Å². The third-order valence-corrected chi connectivity index (χ3v) is 9.19. The highest BCUT2D eigenvalue weighted by atomic mass is 32.2. The summed E-state index contributed by atoms with van der Waals surface area (Å²) in [5, 5.41) is 27.0. The Morgan fingerprint density at radius 1 is 1.22 bits per heavy atom. The van der Waals surface area contributed by atoms with Crippen molar-refractivity contribution in [2.45, 2.75) is 67.6 Å². The van der Waals surface area contributed by atoms with Crippen LogP contribution in [0.15, 0.2) is 12.7 Å². The van der Waals surface area contributed by atoms with E-state index in [9.17, 15) is 24.5 Å². The van der Waals surface area contributed by atoms with Crippen LogP contribution in [0, 0.1) is 0 Å². The molecule has 0 saturated carbocycles. The molecule has 0 spiro atoms. The predicted octanol–water partition coefficient (Wildman–Crippen LogP) is -0.745. The molecular formula is C20H29N7O8PS-. The minimum absolute atomic E-state index is 0.0373. The second kappa shape index (κ2) is 11.0. The lowest BCUT2D eigenvalue weighted by molar-refractivity contribution is -0.228. The number of anilines is 1. The second-order valence-electron chi connectivity index (χ2n) is 9.18. The largest absolute Gasteiger partial charge is 0.756 e. The van der Waals surface area contributed by atoms with Crippen molar-refractivity contribution < 1.29 is 38.3 Å². The summed E-state index contributed by atoms with van der Waals surface area (Å²) in [7, 11) is -4.65. The zero-order chi connectivity index (χ0) is 26.2. The van der Waals surface area contributed by atoms with Gasteiger partial charge >= 0.3 is 6.03 Å². The number of thioether (sulfide) groups is 1. The number of aliphatic hydroxyl groups excluding tert-OH is 2. The first-order chi connectivity index (χ1) is 17.7. The fourth-order valence-corrected chi connectivity index (χ4v) is 7.10. The van der Waals surface area contributed by atoms with E-state index in [0.717, 1.165) is 25.0 Å². The fraction of sp³-hybridized carbons (Fsp3) is 0.700. The van der Waals surface area contributed by atoms with E-state index in [-0.39, 0.29) is 30.5 Å². The Bertz CT molecular complexity index is 1170. The van der Waals surface area contributed by atoms with Crippen LogP contribution >= 0.6 is 19.6 Å². The molecule has 0 aromatic carbocycles. The molecule has 8 atom stereocenters. The zero-order valence-electron chi connectivity index (χ0n) is 19.7. The van der Waals surface area contributed by atoms with Crippen LogP contribution < -0.4 is 21.3 Å². The Hall–Kier alpha value is -2.04. The van der Waals surface area contributed by atoms with E-state index < -0.39 is 39.0 Å². The summed E-state index contributed by atoms with van der Waals surface area (Å²) >= 11 is 1.83. The molecule has 17 heteroatoms. The zero-order valence-corrected chi connectivity index (χ0v) is 21.4.